The summed E-state index contributed by atoms with van der Waals surface area (Å²) in [4.78, 5) is 11.3. The molecule has 2 rings (SSSR count). The van der Waals surface area contributed by atoms with Gasteiger partial charge in [-0.05, 0) is 56.9 Å². The van der Waals surface area contributed by atoms with Crippen LogP contribution in [0.5, 0.6) is 0 Å². The maximum absolute atomic E-state index is 11.3. The predicted molar refractivity (Wildman–Crippen MR) is 81.7 cm³/mol. The molecule has 2 aliphatic rings. The Hall–Kier alpha value is -0.570. The number of carboxylic acids is 1. The molecule has 0 aromatic rings. The van der Waals surface area contributed by atoms with E-state index in [2.05, 4.69) is 12.2 Å². The lowest BCUT2D eigenvalue weighted by atomic mass is 9.78. The molecule has 0 spiro atoms. The standard InChI is InChI=1S/C17H31NO2/c1-2-5-13-8-10-15(11-9-13)18-12-14-6-3-4-7-16(14)17(19)20/h13-16,18H,2-12H2,1H3,(H,19,20). The molecule has 20 heavy (non-hydrogen) atoms. The average Bonchev–Trinajstić information content (AvgIpc) is 2.47. The molecule has 2 unspecified atom stereocenters. The van der Waals surface area contributed by atoms with Crippen molar-refractivity contribution in [2.24, 2.45) is 17.8 Å². The number of nitrogens with one attached hydrogen (secondary N) is 1. The number of carbonyl (C=O) groups is 1. The minimum Gasteiger partial charge on any atom is -0.481 e. The highest BCUT2D eigenvalue weighted by molar-refractivity contribution is 5.70. The van der Waals surface area contributed by atoms with E-state index in [1.165, 1.54) is 44.9 Å². The van der Waals surface area contributed by atoms with Gasteiger partial charge in [-0.1, -0.05) is 32.6 Å². The second-order valence-electron chi connectivity index (χ2n) is 6.90. The van der Waals surface area contributed by atoms with Gasteiger partial charge in [0.05, 0.1) is 5.92 Å². The molecule has 0 heterocycles. The number of hydrogen-bond donors (Lipinski definition) is 2. The maximum Gasteiger partial charge on any atom is 0.306 e. The summed E-state index contributed by atoms with van der Waals surface area (Å²) < 4.78 is 0. The van der Waals surface area contributed by atoms with E-state index in [0.717, 1.165) is 31.7 Å². The zero-order valence-corrected chi connectivity index (χ0v) is 12.9. The Morgan fingerprint density at radius 3 is 2.45 bits per heavy atom. The van der Waals surface area contributed by atoms with Gasteiger partial charge in [0, 0.05) is 6.04 Å². The summed E-state index contributed by atoms with van der Waals surface area (Å²) >= 11 is 0. The quantitative estimate of drug-likeness (QED) is 0.778. The average molecular weight is 281 g/mol. The molecule has 3 heteroatoms. The van der Waals surface area contributed by atoms with Crippen molar-refractivity contribution in [2.75, 3.05) is 6.54 Å². The predicted octanol–water partition coefficient (Wildman–Crippen LogP) is 3.83. The van der Waals surface area contributed by atoms with Crippen LogP contribution in [0.4, 0.5) is 0 Å². The van der Waals surface area contributed by atoms with Crippen LogP contribution in [0.25, 0.3) is 0 Å². The van der Waals surface area contributed by atoms with Gasteiger partial charge in [-0.2, -0.15) is 0 Å². The fraction of sp³-hybridized carbons (Fsp3) is 0.941. The van der Waals surface area contributed by atoms with E-state index in [1.807, 2.05) is 0 Å². The van der Waals surface area contributed by atoms with Crippen molar-refractivity contribution in [1.82, 2.24) is 5.32 Å². The molecule has 0 radical (unpaired) electrons. The third kappa shape index (κ3) is 4.47. The van der Waals surface area contributed by atoms with Gasteiger partial charge in [-0.25, -0.2) is 0 Å². The van der Waals surface area contributed by atoms with Crippen molar-refractivity contribution in [3.63, 3.8) is 0 Å². The van der Waals surface area contributed by atoms with Gasteiger partial charge in [0.2, 0.25) is 0 Å². The lowest BCUT2D eigenvalue weighted by Gasteiger charge is -2.33. The van der Waals surface area contributed by atoms with E-state index >= 15 is 0 Å². The van der Waals surface area contributed by atoms with Crippen molar-refractivity contribution in [3.8, 4) is 0 Å². The van der Waals surface area contributed by atoms with Crippen LogP contribution in [0.3, 0.4) is 0 Å². The zero-order valence-electron chi connectivity index (χ0n) is 12.9. The monoisotopic (exact) mass is 281 g/mol. The van der Waals surface area contributed by atoms with Crippen LogP contribution < -0.4 is 5.32 Å². The Bertz CT molecular complexity index is 297. The van der Waals surface area contributed by atoms with Gasteiger partial charge in [0.15, 0.2) is 0 Å². The first-order valence-electron chi connectivity index (χ1n) is 8.67. The first-order chi connectivity index (χ1) is 9.70. The summed E-state index contributed by atoms with van der Waals surface area (Å²) in [6, 6.07) is 0.638. The molecular weight excluding hydrogens is 250 g/mol. The molecule has 2 saturated carbocycles. The van der Waals surface area contributed by atoms with E-state index in [1.54, 1.807) is 0 Å². The van der Waals surface area contributed by atoms with E-state index < -0.39 is 5.97 Å². The molecule has 2 N–H and O–H groups in total. The summed E-state index contributed by atoms with van der Waals surface area (Å²) in [6.45, 7) is 3.19. The molecule has 0 saturated heterocycles. The SMILES string of the molecule is CCCC1CCC(NCC2CCCCC2C(=O)O)CC1. The highest BCUT2D eigenvalue weighted by Crippen LogP contribution is 2.31. The summed E-state index contributed by atoms with van der Waals surface area (Å²) in [6.07, 6.45) is 12.3. The van der Waals surface area contributed by atoms with E-state index in [0.29, 0.717) is 12.0 Å². The lowest BCUT2D eigenvalue weighted by molar-refractivity contribution is -0.144. The number of aliphatic carboxylic acids is 1. The van der Waals surface area contributed by atoms with E-state index in [4.69, 9.17) is 0 Å². The van der Waals surface area contributed by atoms with Crippen LogP contribution in [-0.4, -0.2) is 23.7 Å². The lowest BCUT2D eigenvalue weighted by Crippen LogP contribution is -2.40. The van der Waals surface area contributed by atoms with Crippen molar-refractivity contribution in [2.45, 2.75) is 77.2 Å². The van der Waals surface area contributed by atoms with Crippen LogP contribution in [0.2, 0.25) is 0 Å². The third-order valence-electron chi connectivity index (χ3n) is 5.44. The second-order valence-corrected chi connectivity index (χ2v) is 6.90. The Morgan fingerprint density at radius 1 is 1.10 bits per heavy atom. The van der Waals surface area contributed by atoms with Crippen molar-refractivity contribution in [1.29, 1.82) is 0 Å². The molecular formula is C17H31NO2. The molecule has 0 amide bonds. The maximum atomic E-state index is 11.3. The molecule has 116 valence electrons. The Morgan fingerprint density at radius 2 is 1.80 bits per heavy atom. The molecule has 3 nitrogen and oxygen atoms in total. The molecule has 0 aromatic carbocycles. The minimum absolute atomic E-state index is 0.104. The Kier molecular flexibility index (Phi) is 6.34. The second kappa shape index (κ2) is 8.02. The molecule has 0 bridgehead atoms. The van der Waals surface area contributed by atoms with Gasteiger partial charge >= 0.3 is 5.97 Å². The van der Waals surface area contributed by atoms with Gasteiger partial charge in [0.25, 0.3) is 0 Å². The fourth-order valence-corrected chi connectivity index (χ4v) is 4.16. The van der Waals surface area contributed by atoms with Crippen LogP contribution in [0, 0.1) is 17.8 Å². The molecule has 2 fully saturated rings. The first kappa shape index (κ1) is 15.8. The minimum atomic E-state index is -0.580. The molecule has 2 atom stereocenters. The van der Waals surface area contributed by atoms with Crippen LogP contribution in [0.15, 0.2) is 0 Å². The number of hydrogen-bond acceptors (Lipinski definition) is 2. The topological polar surface area (TPSA) is 49.3 Å². The van der Waals surface area contributed by atoms with Crippen LogP contribution in [-0.2, 0) is 4.79 Å². The molecule has 0 aliphatic heterocycles. The number of carboxylic acid groups (broad SMARTS) is 1. The van der Waals surface area contributed by atoms with Gasteiger partial charge in [0.1, 0.15) is 0 Å². The summed E-state index contributed by atoms with van der Waals surface area (Å²) in [5.74, 6) is 0.616. The normalized spacial score (nSPS) is 34.9. The summed E-state index contributed by atoms with van der Waals surface area (Å²) in [5, 5.41) is 13.0. The summed E-state index contributed by atoms with van der Waals surface area (Å²) in [7, 11) is 0. The zero-order chi connectivity index (χ0) is 14.4. The fourth-order valence-electron chi connectivity index (χ4n) is 4.16. The Balaban J connectivity index is 1.70. The first-order valence-corrected chi connectivity index (χ1v) is 8.67. The van der Waals surface area contributed by atoms with Crippen molar-refractivity contribution in [3.05, 3.63) is 0 Å². The van der Waals surface area contributed by atoms with Gasteiger partial charge in [-0.15, -0.1) is 0 Å². The highest BCUT2D eigenvalue weighted by Gasteiger charge is 2.31. The smallest absolute Gasteiger partial charge is 0.306 e. The van der Waals surface area contributed by atoms with Gasteiger partial charge in [-0.3, -0.25) is 4.79 Å². The summed E-state index contributed by atoms with van der Waals surface area (Å²) in [5.41, 5.74) is 0. The van der Waals surface area contributed by atoms with Crippen LogP contribution >= 0.6 is 0 Å². The van der Waals surface area contributed by atoms with E-state index in [-0.39, 0.29) is 5.92 Å². The van der Waals surface area contributed by atoms with Crippen molar-refractivity contribution < 1.29 is 9.90 Å². The largest absolute Gasteiger partial charge is 0.481 e. The van der Waals surface area contributed by atoms with E-state index in [9.17, 15) is 9.90 Å². The van der Waals surface area contributed by atoms with Gasteiger partial charge < -0.3 is 10.4 Å². The molecule has 0 aromatic heterocycles. The third-order valence-corrected chi connectivity index (χ3v) is 5.44. The van der Waals surface area contributed by atoms with Crippen LogP contribution in [0.1, 0.15) is 71.1 Å². The van der Waals surface area contributed by atoms with Crippen molar-refractivity contribution >= 4 is 5.97 Å². The Labute approximate surface area is 123 Å². The molecule has 2 aliphatic carbocycles. The highest BCUT2D eigenvalue weighted by atomic mass is 16.4. The number of rotatable bonds is 6.